The van der Waals surface area contributed by atoms with Crippen molar-refractivity contribution in [3.05, 3.63) is 12.7 Å². The fourth-order valence-corrected chi connectivity index (χ4v) is 0.652. The van der Waals surface area contributed by atoms with Crippen molar-refractivity contribution in [1.29, 1.82) is 0 Å². The molecule has 0 saturated heterocycles. The van der Waals surface area contributed by atoms with Gasteiger partial charge in [0.25, 0.3) is 0 Å². The van der Waals surface area contributed by atoms with Gasteiger partial charge in [-0.05, 0) is 19.3 Å². The van der Waals surface area contributed by atoms with E-state index in [1.54, 1.807) is 0 Å². The summed E-state index contributed by atoms with van der Waals surface area (Å²) in [6.45, 7) is 3.61. The van der Waals surface area contributed by atoms with E-state index in [-0.39, 0.29) is 17.9 Å². The molecule has 0 aromatic carbocycles. The summed E-state index contributed by atoms with van der Waals surface area (Å²) in [4.78, 5) is 0. The third-order valence-electron chi connectivity index (χ3n) is 1.44. The number of hydrogen-bond acceptors (Lipinski definition) is 1. The first-order chi connectivity index (χ1) is 3.27. The minimum Gasteiger partial charge on any atom is -0.325 e. The Balaban J connectivity index is 0.000000490. The van der Waals surface area contributed by atoms with Gasteiger partial charge in [-0.3, -0.25) is 0 Å². The molecule has 2 N–H and O–H groups in total. The fourth-order valence-electron chi connectivity index (χ4n) is 0.652. The van der Waals surface area contributed by atoms with Gasteiger partial charge >= 0.3 is 0 Å². The maximum absolute atomic E-state index is 5.69. The predicted molar refractivity (Wildman–Crippen MR) is 38.2 cm³/mol. The molecule has 0 aliphatic heterocycles. The van der Waals surface area contributed by atoms with E-state index in [0.717, 1.165) is 6.42 Å². The molecule has 8 heavy (non-hydrogen) atoms. The molecule has 0 spiro atoms. The summed E-state index contributed by atoms with van der Waals surface area (Å²) < 4.78 is 0. The first kappa shape index (κ1) is 7.99. The first-order valence-electron chi connectivity index (χ1n) is 2.67. The highest BCUT2D eigenvalue weighted by Gasteiger charge is 2.36. The molecule has 0 bridgehead atoms. The summed E-state index contributed by atoms with van der Waals surface area (Å²) in [7, 11) is 0. The van der Waals surface area contributed by atoms with Crippen molar-refractivity contribution >= 4 is 12.4 Å². The molecule has 2 heteroatoms. The Morgan fingerprint density at radius 3 is 2.25 bits per heavy atom. The monoisotopic (exact) mass is 133 g/mol. The molecule has 1 saturated carbocycles. The van der Waals surface area contributed by atoms with Crippen LogP contribution in [0.15, 0.2) is 12.7 Å². The Kier molecular flexibility index (Phi) is 2.51. The highest BCUT2D eigenvalue weighted by Crippen LogP contribution is 2.35. The lowest BCUT2D eigenvalue weighted by Crippen LogP contribution is -2.19. The molecule has 0 heterocycles. The van der Waals surface area contributed by atoms with Crippen molar-refractivity contribution in [2.75, 3.05) is 0 Å². The van der Waals surface area contributed by atoms with Crippen LogP contribution in [0.2, 0.25) is 0 Å². The average molecular weight is 134 g/mol. The van der Waals surface area contributed by atoms with E-state index in [1.165, 1.54) is 12.8 Å². The van der Waals surface area contributed by atoms with Crippen molar-refractivity contribution in [2.24, 2.45) is 5.73 Å². The summed E-state index contributed by atoms with van der Waals surface area (Å²) in [5.74, 6) is 0. The largest absolute Gasteiger partial charge is 0.325 e. The van der Waals surface area contributed by atoms with E-state index < -0.39 is 0 Å². The fraction of sp³-hybridized carbons (Fsp3) is 0.667. The predicted octanol–water partition coefficient (Wildman–Crippen LogP) is 1.48. The summed E-state index contributed by atoms with van der Waals surface area (Å²) in [5.41, 5.74) is 5.87. The summed E-state index contributed by atoms with van der Waals surface area (Å²) in [5, 5.41) is 0. The second kappa shape index (κ2) is 2.51. The van der Waals surface area contributed by atoms with Crippen LogP contribution in [0.5, 0.6) is 0 Å². The molecular formula is C6H12ClN. The normalized spacial score (nSPS) is 21.1. The van der Waals surface area contributed by atoms with Crippen LogP contribution in [0.3, 0.4) is 0 Å². The van der Waals surface area contributed by atoms with Gasteiger partial charge in [0.2, 0.25) is 0 Å². The Morgan fingerprint density at radius 2 is 2.12 bits per heavy atom. The number of hydrogen-bond donors (Lipinski definition) is 1. The van der Waals surface area contributed by atoms with E-state index in [1.807, 2.05) is 6.08 Å². The Morgan fingerprint density at radius 1 is 1.62 bits per heavy atom. The molecule has 0 radical (unpaired) electrons. The molecular weight excluding hydrogens is 122 g/mol. The maximum Gasteiger partial charge on any atom is 0.0190 e. The van der Waals surface area contributed by atoms with Crippen LogP contribution < -0.4 is 5.73 Å². The Labute approximate surface area is 56.4 Å². The van der Waals surface area contributed by atoms with Crippen LogP contribution in [-0.2, 0) is 0 Å². The molecule has 0 aromatic rings. The van der Waals surface area contributed by atoms with Gasteiger partial charge in [0.05, 0.1) is 0 Å². The van der Waals surface area contributed by atoms with Crippen molar-refractivity contribution in [1.82, 2.24) is 0 Å². The SMILES string of the molecule is C=CCC1(N)CC1.Cl. The van der Waals surface area contributed by atoms with Crippen molar-refractivity contribution < 1.29 is 0 Å². The average Bonchev–Trinajstić information content (AvgIpc) is 2.22. The van der Waals surface area contributed by atoms with Gasteiger partial charge in [0.1, 0.15) is 0 Å². The Bertz CT molecular complexity index is 86.5. The van der Waals surface area contributed by atoms with E-state index >= 15 is 0 Å². The van der Waals surface area contributed by atoms with Crippen LogP contribution in [-0.4, -0.2) is 5.54 Å². The highest BCUT2D eigenvalue weighted by molar-refractivity contribution is 5.85. The number of rotatable bonds is 2. The highest BCUT2D eigenvalue weighted by atomic mass is 35.5. The number of halogens is 1. The van der Waals surface area contributed by atoms with E-state index in [9.17, 15) is 0 Å². The van der Waals surface area contributed by atoms with Gasteiger partial charge < -0.3 is 5.73 Å². The van der Waals surface area contributed by atoms with Crippen molar-refractivity contribution in [2.45, 2.75) is 24.8 Å². The van der Waals surface area contributed by atoms with E-state index in [4.69, 9.17) is 5.73 Å². The molecule has 0 atom stereocenters. The van der Waals surface area contributed by atoms with Gasteiger partial charge in [-0.2, -0.15) is 0 Å². The standard InChI is InChI=1S/C6H11N.ClH/c1-2-3-6(7)4-5-6;/h2H,1,3-5,7H2;1H. The molecule has 1 fully saturated rings. The minimum atomic E-state index is 0. The molecule has 1 nitrogen and oxygen atoms in total. The van der Waals surface area contributed by atoms with Gasteiger partial charge in [-0.15, -0.1) is 19.0 Å². The zero-order valence-electron chi connectivity index (χ0n) is 4.89. The van der Waals surface area contributed by atoms with Crippen LogP contribution >= 0.6 is 12.4 Å². The second-order valence-electron chi connectivity index (χ2n) is 2.36. The maximum atomic E-state index is 5.69. The lowest BCUT2D eigenvalue weighted by Gasteiger charge is -1.99. The summed E-state index contributed by atoms with van der Waals surface area (Å²) >= 11 is 0. The molecule has 1 rings (SSSR count). The van der Waals surface area contributed by atoms with Crippen LogP contribution in [0.4, 0.5) is 0 Å². The van der Waals surface area contributed by atoms with Gasteiger partial charge in [-0.1, -0.05) is 6.08 Å². The van der Waals surface area contributed by atoms with Crippen LogP contribution in [0.25, 0.3) is 0 Å². The lowest BCUT2D eigenvalue weighted by atomic mass is 10.2. The summed E-state index contributed by atoms with van der Waals surface area (Å²) in [6, 6.07) is 0. The lowest BCUT2D eigenvalue weighted by molar-refractivity contribution is 0.690. The number of nitrogens with two attached hydrogens (primary N) is 1. The zero-order valence-corrected chi connectivity index (χ0v) is 5.71. The van der Waals surface area contributed by atoms with Gasteiger partial charge in [0.15, 0.2) is 0 Å². The first-order valence-corrected chi connectivity index (χ1v) is 2.67. The van der Waals surface area contributed by atoms with Gasteiger partial charge in [-0.25, -0.2) is 0 Å². The quantitative estimate of drug-likeness (QED) is 0.568. The molecule has 0 amide bonds. The minimum absolute atomic E-state index is 0. The van der Waals surface area contributed by atoms with Crippen LogP contribution in [0.1, 0.15) is 19.3 Å². The smallest absolute Gasteiger partial charge is 0.0190 e. The topological polar surface area (TPSA) is 26.0 Å². The van der Waals surface area contributed by atoms with E-state index in [2.05, 4.69) is 6.58 Å². The second-order valence-corrected chi connectivity index (χ2v) is 2.36. The molecule has 0 unspecified atom stereocenters. The summed E-state index contributed by atoms with van der Waals surface area (Å²) in [6.07, 6.45) is 5.28. The van der Waals surface area contributed by atoms with Crippen molar-refractivity contribution in [3.8, 4) is 0 Å². The molecule has 1 aliphatic rings. The molecule has 1 aliphatic carbocycles. The molecule has 0 aromatic heterocycles. The van der Waals surface area contributed by atoms with Crippen LogP contribution in [0, 0.1) is 0 Å². The Hall–Kier alpha value is -0.0100. The van der Waals surface area contributed by atoms with Gasteiger partial charge in [0, 0.05) is 5.54 Å². The third kappa shape index (κ3) is 1.85. The van der Waals surface area contributed by atoms with Crippen molar-refractivity contribution in [3.63, 3.8) is 0 Å². The molecule has 48 valence electrons. The zero-order chi connectivity index (χ0) is 5.33. The third-order valence-corrected chi connectivity index (χ3v) is 1.44. The van der Waals surface area contributed by atoms with E-state index in [0.29, 0.717) is 0 Å².